The molecule has 0 bridgehead atoms. The number of amides is 2. The van der Waals surface area contributed by atoms with Gasteiger partial charge in [0.15, 0.2) is 0 Å². The average Bonchev–Trinajstić information content (AvgIpc) is 3.26. The van der Waals surface area contributed by atoms with E-state index in [1.165, 1.54) is 18.4 Å². The first-order valence-corrected chi connectivity index (χ1v) is 7.89. The van der Waals surface area contributed by atoms with E-state index in [0.29, 0.717) is 17.4 Å². The quantitative estimate of drug-likeness (QED) is 0.879. The SMILES string of the molecule is CC(C)(C)OC(=O)NC1COc2cc(C3CC3)ccc2NC1=O. The van der Waals surface area contributed by atoms with Gasteiger partial charge in [-0.3, -0.25) is 4.79 Å². The maximum Gasteiger partial charge on any atom is 0.408 e. The maximum atomic E-state index is 12.2. The van der Waals surface area contributed by atoms with E-state index in [1.807, 2.05) is 18.2 Å². The van der Waals surface area contributed by atoms with Crippen LogP contribution in [-0.2, 0) is 9.53 Å². The normalized spacial score (nSPS) is 20.7. The lowest BCUT2D eigenvalue weighted by Crippen LogP contribution is -2.48. The number of carbonyl (C=O) groups excluding carboxylic acids is 2. The standard InChI is InChI=1S/C17H22N2O4/c1-17(2,3)23-16(21)19-13-9-22-14-8-11(10-4-5-10)6-7-12(14)18-15(13)20/h6-8,10,13H,4-5,9H2,1-3H3,(H,18,20)(H,19,21). The molecular formula is C17H22N2O4. The third-order valence-electron chi connectivity index (χ3n) is 3.73. The molecule has 0 aromatic heterocycles. The van der Waals surface area contributed by atoms with Gasteiger partial charge in [0.25, 0.3) is 5.91 Å². The maximum absolute atomic E-state index is 12.2. The number of anilines is 1. The molecule has 6 heteroatoms. The van der Waals surface area contributed by atoms with Crippen molar-refractivity contribution in [2.24, 2.45) is 0 Å². The predicted octanol–water partition coefficient (Wildman–Crippen LogP) is 2.79. The summed E-state index contributed by atoms with van der Waals surface area (Å²) in [4.78, 5) is 24.1. The first-order valence-electron chi connectivity index (χ1n) is 7.89. The minimum absolute atomic E-state index is 0.0756. The second-order valence-electron chi connectivity index (χ2n) is 7.03. The highest BCUT2D eigenvalue weighted by Crippen LogP contribution is 2.42. The van der Waals surface area contributed by atoms with Crippen LogP contribution in [-0.4, -0.2) is 30.3 Å². The van der Waals surface area contributed by atoms with Crippen molar-refractivity contribution in [3.8, 4) is 5.75 Å². The van der Waals surface area contributed by atoms with Gasteiger partial charge in [-0.2, -0.15) is 0 Å². The molecule has 1 heterocycles. The van der Waals surface area contributed by atoms with Gasteiger partial charge >= 0.3 is 6.09 Å². The van der Waals surface area contributed by atoms with Crippen molar-refractivity contribution < 1.29 is 19.1 Å². The fourth-order valence-electron chi connectivity index (χ4n) is 2.46. The summed E-state index contributed by atoms with van der Waals surface area (Å²) in [5.74, 6) is 0.948. The monoisotopic (exact) mass is 318 g/mol. The van der Waals surface area contributed by atoms with Gasteiger partial charge in [-0.05, 0) is 57.2 Å². The van der Waals surface area contributed by atoms with E-state index in [4.69, 9.17) is 9.47 Å². The number of hydrogen-bond donors (Lipinski definition) is 2. The first kappa shape index (κ1) is 15.6. The molecule has 2 aliphatic rings. The summed E-state index contributed by atoms with van der Waals surface area (Å²) in [7, 11) is 0. The van der Waals surface area contributed by atoms with Crippen LogP contribution >= 0.6 is 0 Å². The second kappa shape index (κ2) is 5.76. The lowest BCUT2D eigenvalue weighted by Gasteiger charge is -2.22. The number of hydrogen-bond acceptors (Lipinski definition) is 4. The molecule has 124 valence electrons. The van der Waals surface area contributed by atoms with Gasteiger partial charge < -0.3 is 20.1 Å². The molecule has 1 saturated carbocycles. The fraction of sp³-hybridized carbons (Fsp3) is 0.529. The molecule has 23 heavy (non-hydrogen) atoms. The zero-order chi connectivity index (χ0) is 16.6. The Morgan fingerprint density at radius 1 is 1.35 bits per heavy atom. The third-order valence-corrected chi connectivity index (χ3v) is 3.73. The Bertz CT molecular complexity index is 632. The average molecular weight is 318 g/mol. The van der Waals surface area contributed by atoms with Crippen molar-refractivity contribution in [2.75, 3.05) is 11.9 Å². The zero-order valence-electron chi connectivity index (χ0n) is 13.6. The van der Waals surface area contributed by atoms with Crippen LogP contribution in [0.3, 0.4) is 0 Å². The molecule has 1 aromatic carbocycles. The van der Waals surface area contributed by atoms with Crippen LogP contribution in [0.25, 0.3) is 0 Å². The molecular weight excluding hydrogens is 296 g/mol. The Morgan fingerprint density at radius 3 is 2.74 bits per heavy atom. The summed E-state index contributed by atoms with van der Waals surface area (Å²) in [6, 6.07) is 5.06. The van der Waals surface area contributed by atoms with Crippen LogP contribution in [0.2, 0.25) is 0 Å². The van der Waals surface area contributed by atoms with E-state index < -0.39 is 17.7 Å². The summed E-state index contributed by atoms with van der Waals surface area (Å²) in [6.45, 7) is 5.38. The predicted molar refractivity (Wildman–Crippen MR) is 85.7 cm³/mol. The molecule has 1 atom stereocenters. The lowest BCUT2D eigenvalue weighted by atomic mass is 10.1. The van der Waals surface area contributed by atoms with Gasteiger partial charge in [-0.25, -0.2) is 4.79 Å². The molecule has 6 nitrogen and oxygen atoms in total. The van der Waals surface area contributed by atoms with E-state index in [1.54, 1.807) is 20.8 Å². The number of benzene rings is 1. The van der Waals surface area contributed by atoms with Crippen molar-refractivity contribution in [3.63, 3.8) is 0 Å². The van der Waals surface area contributed by atoms with Crippen molar-refractivity contribution in [1.82, 2.24) is 5.32 Å². The zero-order valence-corrected chi connectivity index (χ0v) is 13.6. The van der Waals surface area contributed by atoms with Crippen molar-refractivity contribution in [2.45, 2.75) is 51.2 Å². The van der Waals surface area contributed by atoms with Gasteiger partial charge in [0.1, 0.15) is 24.0 Å². The summed E-state index contributed by atoms with van der Waals surface area (Å²) < 4.78 is 10.9. The highest BCUT2D eigenvalue weighted by Gasteiger charge is 2.30. The third kappa shape index (κ3) is 3.94. The molecule has 0 spiro atoms. The largest absolute Gasteiger partial charge is 0.489 e. The molecule has 1 fully saturated rings. The Morgan fingerprint density at radius 2 is 2.09 bits per heavy atom. The highest BCUT2D eigenvalue weighted by atomic mass is 16.6. The first-order chi connectivity index (χ1) is 10.8. The number of nitrogens with one attached hydrogen (secondary N) is 2. The van der Waals surface area contributed by atoms with E-state index >= 15 is 0 Å². The highest BCUT2D eigenvalue weighted by molar-refractivity contribution is 5.98. The Kier molecular flexibility index (Phi) is 3.92. The summed E-state index contributed by atoms with van der Waals surface area (Å²) in [5, 5.41) is 5.34. The van der Waals surface area contributed by atoms with Gasteiger partial charge in [0, 0.05) is 0 Å². The Balaban J connectivity index is 1.68. The number of ether oxygens (including phenoxy) is 2. The molecule has 0 saturated heterocycles. The molecule has 2 amide bonds. The van der Waals surface area contributed by atoms with Gasteiger partial charge in [-0.1, -0.05) is 6.07 Å². The minimum Gasteiger partial charge on any atom is -0.489 e. The molecule has 2 N–H and O–H groups in total. The number of rotatable bonds is 2. The number of fused-ring (bicyclic) bond motifs is 1. The Labute approximate surface area is 135 Å². The molecule has 1 aliphatic carbocycles. The van der Waals surface area contributed by atoms with E-state index in [-0.39, 0.29) is 12.5 Å². The van der Waals surface area contributed by atoms with Crippen molar-refractivity contribution in [1.29, 1.82) is 0 Å². The fourth-order valence-corrected chi connectivity index (χ4v) is 2.46. The lowest BCUT2D eigenvalue weighted by molar-refractivity contribution is -0.118. The van der Waals surface area contributed by atoms with E-state index in [2.05, 4.69) is 10.6 Å². The minimum atomic E-state index is -0.790. The number of carbonyl (C=O) groups is 2. The summed E-state index contributed by atoms with van der Waals surface area (Å²) in [5.41, 5.74) is 1.25. The van der Waals surface area contributed by atoms with Gasteiger partial charge in [0.05, 0.1) is 5.69 Å². The molecule has 1 aromatic rings. The Hall–Kier alpha value is -2.24. The van der Waals surface area contributed by atoms with E-state index in [9.17, 15) is 9.59 Å². The van der Waals surface area contributed by atoms with E-state index in [0.717, 1.165) is 0 Å². The molecule has 1 unspecified atom stereocenters. The molecule has 0 radical (unpaired) electrons. The van der Waals surface area contributed by atoms with Crippen LogP contribution in [0, 0.1) is 0 Å². The summed E-state index contributed by atoms with van der Waals surface area (Å²) >= 11 is 0. The summed E-state index contributed by atoms with van der Waals surface area (Å²) in [6.07, 6.45) is 1.77. The molecule has 1 aliphatic heterocycles. The van der Waals surface area contributed by atoms with Gasteiger partial charge in [-0.15, -0.1) is 0 Å². The van der Waals surface area contributed by atoms with Crippen molar-refractivity contribution >= 4 is 17.7 Å². The smallest absolute Gasteiger partial charge is 0.408 e. The van der Waals surface area contributed by atoms with Crippen LogP contribution in [0.5, 0.6) is 5.75 Å². The van der Waals surface area contributed by atoms with Crippen LogP contribution in [0.15, 0.2) is 18.2 Å². The van der Waals surface area contributed by atoms with Crippen LogP contribution < -0.4 is 15.4 Å². The second-order valence-corrected chi connectivity index (χ2v) is 7.03. The topological polar surface area (TPSA) is 76.7 Å². The van der Waals surface area contributed by atoms with Crippen LogP contribution in [0.4, 0.5) is 10.5 Å². The van der Waals surface area contributed by atoms with Crippen molar-refractivity contribution in [3.05, 3.63) is 23.8 Å². The number of alkyl carbamates (subject to hydrolysis) is 1. The van der Waals surface area contributed by atoms with Gasteiger partial charge in [0.2, 0.25) is 0 Å². The molecule has 3 rings (SSSR count). The van der Waals surface area contributed by atoms with Crippen LogP contribution in [0.1, 0.15) is 45.1 Å².